The van der Waals surface area contributed by atoms with Crippen LogP contribution in [0, 0.1) is 0 Å². The van der Waals surface area contributed by atoms with Crippen LogP contribution in [0.5, 0.6) is 5.88 Å². The Hall–Kier alpha value is -2.36. The Labute approximate surface area is 182 Å². The van der Waals surface area contributed by atoms with Gasteiger partial charge in [0.15, 0.2) is 0 Å². The van der Waals surface area contributed by atoms with Crippen molar-refractivity contribution in [2.45, 2.75) is 42.2 Å². The van der Waals surface area contributed by atoms with Crippen molar-refractivity contribution >= 4 is 15.0 Å². The zero-order valence-corrected chi connectivity index (χ0v) is 19.1. The fourth-order valence-corrected chi connectivity index (χ4v) is 7.32. The van der Waals surface area contributed by atoms with Gasteiger partial charge in [-0.2, -0.15) is 0 Å². The van der Waals surface area contributed by atoms with Gasteiger partial charge in [0.1, 0.15) is 4.75 Å². The number of rotatable bonds is 8. The molecule has 3 rings (SSSR count). The van der Waals surface area contributed by atoms with Crippen LogP contribution in [0.25, 0.3) is 11.3 Å². The van der Waals surface area contributed by atoms with E-state index in [9.17, 15) is 14.2 Å². The summed E-state index contributed by atoms with van der Waals surface area (Å²) in [6, 6.07) is 7.17. The van der Waals surface area contributed by atoms with Crippen molar-refractivity contribution < 1.29 is 23.7 Å². The number of ether oxygens (including phenoxy) is 2. The van der Waals surface area contributed by atoms with E-state index < -0.39 is 19.7 Å². The van der Waals surface area contributed by atoms with Crippen molar-refractivity contribution in [2.24, 2.45) is 0 Å². The van der Waals surface area contributed by atoms with E-state index in [1.54, 1.807) is 42.5 Å². The number of carbonyl (C=O) groups is 1. The zero-order chi connectivity index (χ0) is 22.6. The van der Waals surface area contributed by atoms with Gasteiger partial charge >= 0.3 is 0 Å². The lowest BCUT2D eigenvalue weighted by molar-refractivity contribution is -0.134. The van der Waals surface area contributed by atoms with Crippen molar-refractivity contribution in [3.05, 3.63) is 36.7 Å². The number of carbonyl (C=O) groups excluding carboxylic acids is 1. The third-order valence-electron chi connectivity index (χ3n) is 6.16. The molecule has 0 bridgehead atoms. The highest BCUT2D eigenvalue weighted by Gasteiger charge is 2.57. The van der Waals surface area contributed by atoms with Crippen LogP contribution in [-0.4, -0.2) is 62.4 Å². The van der Waals surface area contributed by atoms with E-state index in [2.05, 4.69) is 16.9 Å². The smallest absolute Gasteiger partial charge is 0.260 e. The molecule has 0 unspecified atom stereocenters. The van der Waals surface area contributed by atoms with Crippen LogP contribution in [-0.2, 0) is 18.6 Å². The first-order valence-electron chi connectivity index (χ1n) is 10.4. The molecule has 170 valence electrons. The lowest BCUT2D eigenvalue weighted by Gasteiger charge is -2.52. The first-order valence-corrected chi connectivity index (χ1v) is 13.2. The molecular formula is C22H31N3O5S. The normalized spacial score (nSPS) is 17.4. The van der Waals surface area contributed by atoms with Gasteiger partial charge < -0.3 is 9.47 Å². The van der Waals surface area contributed by atoms with Gasteiger partial charge in [-0.25, -0.2) is 15.4 Å². The van der Waals surface area contributed by atoms with E-state index in [0.29, 0.717) is 36.3 Å². The Morgan fingerprint density at radius 3 is 2.42 bits per heavy atom. The van der Waals surface area contributed by atoms with Crippen molar-refractivity contribution in [2.75, 3.05) is 32.3 Å². The molecule has 9 heteroatoms. The minimum absolute atomic E-state index is 0.268. The molecule has 0 aliphatic carbocycles. The van der Waals surface area contributed by atoms with E-state index in [1.807, 2.05) is 12.1 Å². The van der Waals surface area contributed by atoms with Crippen molar-refractivity contribution in [3.8, 4) is 17.1 Å². The van der Waals surface area contributed by atoms with Crippen molar-refractivity contribution in [1.82, 2.24) is 15.4 Å². The molecule has 8 nitrogen and oxygen atoms in total. The Bertz CT molecular complexity index is 964. The van der Waals surface area contributed by atoms with Crippen molar-refractivity contribution in [1.29, 1.82) is 0 Å². The molecular weight excluding hydrogens is 418 g/mol. The number of unbranched alkanes of at least 4 members (excludes halogenated alkanes) is 1. The van der Waals surface area contributed by atoms with E-state index in [-0.39, 0.29) is 12.8 Å². The summed E-state index contributed by atoms with van der Waals surface area (Å²) in [6.45, 7) is 3.32. The number of nitrogens with zero attached hydrogens (tertiary/aromatic N) is 2. The Morgan fingerprint density at radius 1 is 1.19 bits per heavy atom. The van der Waals surface area contributed by atoms with Crippen LogP contribution in [0.4, 0.5) is 0 Å². The highest BCUT2D eigenvalue weighted by atomic mass is 32.3. The van der Waals surface area contributed by atoms with Crippen LogP contribution in [0.3, 0.4) is 0 Å². The standard InChI is InChI=1S/C22H31N3O5S/c1-4-5-12-30-20-16-23-19(15-24-20)17-6-8-18(9-7-17)31(2,3,28)22(21(26)25-27)10-13-29-14-11-22/h6-9,15-16,27H,4-5,10-14H2,1-3H3,(H,25,26). The number of hydroxylamine groups is 1. The summed E-state index contributed by atoms with van der Waals surface area (Å²) >= 11 is 0. The second-order valence-corrected chi connectivity index (χ2v) is 13.2. The predicted molar refractivity (Wildman–Crippen MR) is 119 cm³/mol. The van der Waals surface area contributed by atoms with E-state index in [0.717, 1.165) is 18.4 Å². The molecule has 1 fully saturated rings. The maximum absolute atomic E-state index is 14.4. The number of nitrogens with one attached hydrogen (secondary N) is 1. The molecule has 2 N–H and O–H groups in total. The minimum atomic E-state index is -3.71. The summed E-state index contributed by atoms with van der Waals surface area (Å²) in [5, 5.41) is 9.37. The van der Waals surface area contributed by atoms with E-state index >= 15 is 0 Å². The maximum atomic E-state index is 14.4. The Balaban J connectivity index is 1.88. The number of aromatic nitrogens is 2. The zero-order valence-electron chi connectivity index (χ0n) is 18.3. The summed E-state index contributed by atoms with van der Waals surface area (Å²) < 4.78 is 24.1. The van der Waals surface area contributed by atoms with Gasteiger partial charge in [-0.05, 0) is 43.9 Å². The molecule has 31 heavy (non-hydrogen) atoms. The Kier molecular flexibility index (Phi) is 6.78. The molecule has 1 amide bonds. The first-order chi connectivity index (χ1) is 14.7. The van der Waals surface area contributed by atoms with Gasteiger partial charge in [0.2, 0.25) is 5.88 Å². The lowest BCUT2D eigenvalue weighted by Crippen LogP contribution is -2.64. The molecule has 0 radical (unpaired) electrons. The van der Waals surface area contributed by atoms with Gasteiger partial charge in [0, 0.05) is 23.7 Å². The van der Waals surface area contributed by atoms with Gasteiger partial charge in [0.25, 0.3) is 5.91 Å². The number of benzene rings is 1. The van der Waals surface area contributed by atoms with Gasteiger partial charge in [-0.3, -0.25) is 14.2 Å². The molecule has 0 spiro atoms. The number of hydrogen-bond donors (Lipinski definition) is 2. The van der Waals surface area contributed by atoms with Crippen LogP contribution in [0.15, 0.2) is 41.6 Å². The molecule has 1 aliphatic rings. The fraction of sp³-hybridized carbons (Fsp3) is 0.500. The fourth-order valence-electron chi connectivity index (χ4n) is 4.00. The maximum Gasteiger partial charge on any atom is 0.260 e. The number of amides is 1. The summed E-state index contributed by atoms with van der Waals surface area (Å²) in [7, 11) is -3.71. The Morgan fingerprint density at radius 2 is 1.87 bits per heavy atom. The third kappa shape index (κ3) is 4.35. The topological polar surface area (TPSA) is 111 Å². The third-order valence-corrected chi connectivity index (χ3v) is 10.7. The molecule has 0 atom stereocenters. The largest absolute Gasteiger partial charge is 0.477 e. The summed E-state index contributed by atoms with van der Waals surface area (Å²) in [6.07, 6.45) is 9.02. The van der Waals surface area contributed by atoms with Gasteiger partial charge in [-0.1, -0.05) is 34.5 Å². The average molecular weight is 450 g/mol. The van der Waals surface area contributed by atoms with Crippen LogP contribution in [0.1, 0.15) is 32.6 Å². The molecule has 1 aliphatic heterocycles. The summed E-state index contributed by atoms with van der Waals surface area (Å²) in [4.78, 5) is 22.0. The summed E-state index contributed by atoms with van der Waals surface area (Å²) in [5.74, 6) is -0.151. The van der Waals surface area contributed by atoms with Crippen LogP contribution < -0.4 is 10.2 Å². The van der Waals surface area contributed by atoms with E-state index in [1.165, 1.54) is 0 Å². The highest BCUT2D eigenvalue weighted by molar-refractivity contribution is 8.20. The first kappa shape index (κ1) is 23.3. The molecule has 1 aromatic carbocycles. The molecule has 0 saturated carbocycles. The van der Waals surface area contributed by atoms with Crippen LogP contribution >= 0.6 is 0 Å². The predicted octanol–water partition coefficient (Wildman–Crippen LogP) is 2.82. The molecule has 1 aromatic heterocycles. The quantitative estimate of drug-likeness (QED) is 0.362. The summed E-state index contributed by atoms with van der Waals surface area (Å²) in [5.41, 5.74) is 3.22. The monoisotopic (exact) mass is 449 g/mol. The van der Waals surface area contributed by atoms with Crippen LogP contribution in [0.2, 0.25) is 0 Å². The molecule has 2 aromatic rings. The lowest BCUT2D eigenvalue weighted by atomic mass is 9.98. The molecule has 1 saturated heterocycles. The number of hydrogen-bond acceptors (Lipinski definition) is 7. The average Bonchev–Trinajstić information content (AvgIpc) is 2.79. The van der Waals surface area contributed by atoms with Gasteiger partial charge in [0.05, 0.1) is 24.7 Å². The SMILES string of the molecule is CCCCOc1cnc(-c2ccc(S(C)(C)(=O)C3(C(=O)NO)CCOCC3)cc2)cn1. The minimum Gasteiger partial charge on any atom is -0.477 e. The highest BCUT2D eigenvalue weighted by Crippen LogP contribution is 2.48. The second-order valence-electron chi connectivity index (χ2n) is 8.34. The van der Waals surface area contributed by atoms with Crippen molar-refractivity contribution in [3.63, 3.8) is 0 Å². The molecule has 2 heterocycles. The van der Waals surface area contributed by atoms with Gasteiger partial charge in [-0.15, -0.1) is 0 Å². The van der Waals surface area contributed by atoms with E-state index in [4.69, 9.17) is 9.47 Å². The second kappa shape index (κ2) is 9.02.